The molecule has 0 aromatic heterocycles. The maximum Gasteiger partial charge on any atom is 0.241 e. The van der Waals surface area contributed by atoms with Crippen LogP contribution in [0.15, 0.2) is 53.4 Å². The second kappa shape index (κ2) is 5.50. The molecule has 2 aromatic carbocycles. The second-order valence-electron chi connectivity index (χ2n) is 5.82. The number of sulfonamides is 1. The normalized spacial score (nSPS) is 20.8. The zero-order valence-corrected chi connectivity index (χ0v) is 13.2. The Balaban J connectivity index is 1.99. The molecular formula is C17H19NO3S. The van der Waals surface area contributed by atoms with Gasteiger partial charge in [0.1, 0.15) is 0 Å². The molecular weight excluding hydrogens is 298 g/mol. The minimum absolute atomic E-state index is 0.218. The molecule has 2 N–H and O–H groups in total. The van der Waals surface area contributed by atoms with Crippen molar-refractivity contribution < 1.29 is 13.5 Å². The molecule has 0 unspecified atom stereocenters. The fourth-order valence-electron chi connectivity index (χ4n) is 3.02. The highest BCUT2D eigenvalue weighted by Gasteiger charge is 2.41. The van der Waals surface area contributed by atoms with Crippen LogP contribution < -0.4 is 4.72 Å². The smallest absolute Gasteiger partial charge is 0.241 e. The second-order valence-corrected chi connectivity index (χ2v) is 7.50. The van der Waals surface area contributed by atoms with E-state index in [0.717, 1.165) is 23.1 Å². The summed E-state index contributed by atoms with van der Waals surface area (Å²) in [4.78, 5) is 0.218. The Morgan fingerprint density at radius 1 is 1.14 bits per heavy atom. The number of hydrogen-bond donors (Lipinski definition) is 2. The third-order valence-corrected chi connectivity index (χ3v) is 5.84. The largest absolute Gasteiger partial charge is 0.394 e. The van der Waals surface area contributed by atoms with Crippen molar-refractivity contribution in [2.75, 3.05) is 6.61 Å². The van der Waals surface area contributed by atoms with Crippen molar-refractivity contribution in [1.29, 1.82) is 0 Å². The van der Waals surface area contributed by atoms with Gasteiger partial charge >= 0.3 is 0 Å². The Morgan fingerprint density at radius 2 is 1.82 bits per heavy atom. The van der Waals surface area contributed by atoms with Crippen molar-refractivity contribution in [1.82, 2.24) is 4.72 Å². The number of rotatable bonds is 4. The summed E-state index contributed by atoms with van der Waals surface area (Å²) in [5.41, 5.74) is 2.03. The van der Waals surface area contributed by atoms with E-state index in [9.17, 15) is 13.5 Å². The zero-order chi connectivity index (χ0) is 15.8. The minimum Gasteiger partial charge on any atom is -0.394 e. The number of aliphatic hydroxyl groups is 1. The Morgan fingerprint density at radius 3 is 2.50 bits per heavy atom. The molecule has 0 radical (unpaired) electrons. The summed E-state index contributed by atoms with van der Waals surface area (Å²) in [6.45, 7) is 1.65. The van der Waals surface area contributed by atoms with Gasteiger partial charge in [-0.25, -0.2) is 8.42 Å². The summed E-state index contributed by atoms with van der Waals surface area (Å²) in [6.07, 6.45) is 1.32. The molecule has 0 saturated carbocycles. The van der Waals surface area contributed by atoms with E-state index >= 15 is 0 Å². The van der Waals surface area contributed by atoms with Gasteiger partial charge in [0.05, 0.1) is 17.0 Å². The number of nitrogens with one attached hydrogen (secondary N) is 1. The van der Waals surface area contributed by atoms with Crippen LogP contribution in [0.3, 0.4) is 0 Å². The van der Waals surface area contributed by atoms with Crippen molar-refractivity contribution in [2.45, 2.75) is 30.2 Å². The summed E-state index contributed by atoms with van der Waals surface area (Å²) in [6, 6.07) is 14.4. The topological polar surface area (TPSA) is 66.4 Å². The lowest BCUT2D eigenvalue weighted by Gasteiger charge is -2.29. The van der Waals surface area contributed by atoms with Crippen LogP contribution in [0.5, 0.6) is 0 Å². The molecule has 4 nitrogen and oxygen atoms in total. The van der Waals surface area contributed by atoms with Crippen LogP contribution in [0.4, 0.5) is 0 Å². The molecule has 22 heavy (non-hydrogen) atoms. The van der Waals surface area contributed by atoms with Crippen LogP contribution in [0.25, 0.3) is 0 Å². The lowest BCUT2D eigenvalue weighted by molar-refractivity contribution is 0.182. The average molecular weight is 317 g/mol. The Hall–Kier alpha value is -1.69. The third-order valence-electron chi connectivity index (χ3n) is 4.28. The van der Waals surface area contributed by atoms with Gasteiger partial charge < -0.3 is 5.11 Å². The van der Waals surface area contributed by atoms with Gasteiger partial charge in [-0.2, -0.15) is 4.72 Å². The molecule has 1 aliphatic carbocycles. The maximum absolute atomic E-state index is 12.7. The van der Waals surface area contributed by atoms with Gasteiger partial charge in [-0.15, -0.1) is 0 Å². The molecule has 0 heterocycles. The summed E-state index contributed by atoms with van der Waals surface area (Å²) >= 11 is 0. The van der Waals surface area contributed by atoms with E-state index in [-0.39, 0.29) is 11.5 Å². The first-order chi connectivity index (χ1) is 10.5. The van der Waals surface area contributed by atoms with E-state index in [4.69, 9.17) is 0 Å². The minimum atomic E-state index is -3.68. The molecule has 0 saturated heterocycles. The van der Waals surface area contributed by atoms with Crippen LogP contribution in [-0.2, 0) is 22.0 Å². The van der Waals surface area contributed by atoms with Crippen molar-refractivity contribution >= 4 is 10.0 Å². The molecule has 116 valence electrons. The Labute approximate surface area is 130 Å². The molecule has 0 bridgehead atoms. The van der Waals surface area contributed by atoms with Crippen LogP contribution >= 0.6 is 0 Å². The lowest BCUT2D eigenvalue weighted by atomic mass is 9.94. The van der Waals surface area contributed by atoms with E-state index in [0.29, 0.717) is 6.42 Å². The van der Waals surface area contributed by atoms with E-state index in [1.165, 1.54) is 0 Å². The third kappa shape index (κ3) is 2.56. The molecule has 2 aromatic rings. The molecule has 1 atom stereocenters. The number of fused-ring (bicyclic) bond motifs is 1. The molecule has 0 aliphatic heterocycles. The molecule has 0 fully saturated rings. The first-order valence-corrected chi connectivity index (χ1v) is 8.75. The van der Waals surface area contributed by atoms with Gasteiger partial charge in [0.2, 0.25) is 10.0 Å². The molecule has 3 rings (SSSR count). The van der Waals surface area contributed by atoms with Gasteiger partial charge in [-0.3, -0.25) is 0 Å². The number of aryl methyl sites for hydroxylation is 2. The Bertz CT molecular complexity index is 784. The SMILES string of the molecule is Cc1ccc(S(=O)(=O)N[C@@]2(CO)CCc3ccccc32)cc1. The molecule has 0 amide bonds. The predicted octanol–water partition coefficient (Wildman–Crippen LogP) is 2.11. The molecule has 5 heteroatoms. The van der Waals surface area contributed by atoms with Crippen molar-refractivity contribution in [2.24, 2.45) is 0 Å². The molecule has 1 aliphatic rings. The van der Waals surface area contributed by atoms with Gasteiger partial charge in [-0.05, 0) is 43.0 Å². The fraction of sp³-hybridized carbons (Fsp3) is 0.294. The first kappa shape index (κ1) is 15.2. The Kier molecular flexibility index (Phi) is 3.80. The van der Waals surface area contributed by atoms with Crippen LogP contribution in [0, 0.1) is 6.92 Å². The van der Waals surface area contributed by atoms with Crippen molar-refractivity contribution in [3.8, 4) is 0 Å². The van der Waals surface area contributed by atoms with Crippen LogP contribution in [0.1, 0.15) is 23.1 Å². The van der Waals surface area contributed by atoms with Crippen molar-refractivity contribution in [3.63, 3.8) is 0 Å². The average Bonchev–Trinajstić information content (AvgIpc) is 2.87. The fourth-order valence-corrected chi connectivity index (χ4v) is 4.43. The monoisotopic (exact) mass is 317 g/mol. The zero-order valence-electron chi connectivity index (χ0n) is 12.4. The van der Waals surface area contributed by atoms with Crippen molar-refractivity contribution in [3.05, 3.63) is 65.2 Å². The van der Waals surface area contributed by atoms with E-state index < -0.39 is 15.6 Å². The summed E-state index contributed by atoms with van der Waals surface area (Å²) in [5.74, 6) is 0. The number of hydrogen-bond acceptors (Lipinski definition) is 3. The van der Waals surface area contributed by atoms with E-state index in [1.807, 2.05) is 31.2 Å². The molecule has 0 spiro atoms. The summed E-state index contributed by atoms with van der Waals surface area (Å²) in [5, 5.41) is 9.89. The standard InChI is InChI=1S/C17H19NO3S/c1-13-6-8-15(9-7-13)22(20,21)18-17(12-19)11-10-14-4-2-3-5-16(14)17/h2-9,18-19H,10-12H2,1H3/t17-/m1/s1. The highest BCUT2D eigenvalue weighted by Crippen LogP contribution is 2.37. The number of aliphatic hydroxyl groups excluding tert-OH is 1. The quantitative estimate of drug-likeness (QED) is 0.907. The predicted molar refractivity (Wildman–Crippen MR) is 85.0 cm³/mol. The highest BCUT2D eigenvalue weighted by molar-refractivity contribution is 7.89. The van der Waals surface area contributed by atoms with Crippen LogP contribution in [-0.4, -0.2) is 20.1 Å². The van der Waals surface area contributed by atoms with Gasteiger partial charge in [0.15, 0.2) is 0 Å². The van der Waals surface area contributed by atoms with E-state index in [2.05, 4.69) is 4.72 Å². The highest BCUT2D eigenvalue weighted by atomic mass is 32.2. The first-order valence-electron chi connectivity index (χ1n) is 7.27. The summed E-state index contributed by atoms with van der Waals surface area (Å²) in [7, 11) is -3.68. The van der Waals surface area contributed by atoms with Gasteiger partial charge in [0, 0.05) is 0 Å². The van der Waals surface area contributed by atoms with Crippen LogP contribution in [0.2, 0.25) is 0 Å². The van der Waals surface area contributed by atoms with Gasteiger partial charge in [0.25, 0.3) is 0 Å². The van der Waals surface area contributed by atoms with Gasteiger partial charge in [-0.1, -0.05) is 42.0 Å². The number of benzene rings is 2. The summed E-state index contributed by atoms with van der Waals surface area (Å²) < 4.78 is 28.0. The lowest BCUT2D eigenvalue weighted by Crippen LogP contribution is -2.47. The van der Waals surface area contributed by atoms with E-state index in [1.54, 1.807) is 24.3 Å². The maximum atomic E-state index is 12.7.